The van der Waals surface area contributed by atoms with Crippen LogP contribution in [-0.2, 0) is 11.4 Å². The van der Waals surface area contributed by atoms with Crippen molar-refractivity contribution >= 4 is 0 Å². The molecule has 1 rings (SSSR count). The lowest BCUT2D eigenvalue weighted by molar-refractivity contribution is -0.979. The third-order valence-electron chi connectivity index (χ3n) is 1.42. The first-order valence-corrected chi connectivity index (χ1v) is 3.53. The van der Waals surface area contributed by atoms with E-state index < -0.39 is 5.09 Å². The normalized spacial score (nSPS) is 9.42. The van der Waals surface area contributed by atoms with Gasteiger partial charge < -0.3 is 0 Å². The van der Waals surface area contributed by atoms with Gasteiger partial charge in [0.1, 0.15) is 4.91 Å². The molecule has 4 nitrogen and oxygen atoms in total. The molecule has 0 saturated carbocycles. The van der Waals surface area contributed by atoms with Gasteiger partial charge >= 0.3 is 5.09 Å². The lowest BCUT2D eigenvalue weighted by Gasteiger charge is -1.95. The lowest BCUT2D eigenvalue weighted by atomic mass is 10.1. The molecule has 0 saturated heterocycles. The SMILES string of the molecule is Cc1cccc(CO[N+](=O)O)c1. The molecule has 0 radical (unpaired) electrons. The van der Waals surface area contributed by atoms with Crippen LogP contribution in [0.2, 0.25) is 0 Å². The van der Waals surface area contributed by atoms with Gasteiger partial charge in [0.2, 0.25) is 0 Å². The Morgan fingerprint density at radius 3 is 2.92 bits per heavy atom. The molecular formula is C8H10NO3+. The fraction of sp³-hybridized carbons (Fsp3) is 0.250. The van der Waals surface area contributed by atoms with Crippen molar-refractivity contribution in [2.75, 3.05) is 0 Å². The van der Waals surface area contributed by atoms with Crippen LogP contribution in [0.1, 0.15) is 11.1 Å². The van der Waals surface area contributed by atoms with E-state index in [-0.39, 0.29) is 6.61 Å². The van der Waals surface area contributed by atoms with Gasteiger partial charge in [-0.1, -0.05) is 29.8 Å². The van der Waals surface area contributed by atoms with E-state index in [0.29, 0.717) is 0 Å². The molecule has 0 bridgehead atoms. The van der Waals surface area contributed by atoms with Crippen LogP contribution in [0.25, 0.3) is 0 Å². The Labute approximate surface area is 69.9 Å². The third-order valence-corrected chi connectivity index (χ3v) is 1.42. The van der Waals surface area contributed by atoms with Crippen LogP contribution in [0.5, 0.6) is 0 Å². The summed E-state index contributed by atoms with van der Waals surface area (Å²) in [6.45, 7) is 2.03. The van der Waals surface area contributed by atoms with Crippen LogP contribution < -0.4 is 0 Å². The maximum Gasteiger partial charge on any atom is 0.475 e. The van der Waals surface area contributed by atoms with Gasteiger partial charge in [-0.05, 0) is 12.5 Å². The third kappa shape index (κ3) is 2.57. The monoisotopic (exact) mass is 168 g/mol. The molecule has 4 heteroatoms. The van der Waals surface area contributed by atoms with Gasteiger partial charge in [-0.3, -0.25) is 0 Å². The number of aryl methyl sites for hydroxylation is 1. The van der Waals surface area contributed by atoms with Crippen LogP contribution in [0, 0.1) is 11.8 Å². The van der Waals surface area contributed by atoms with E-state index >= 15 is 0 Å². The maximum absolute atomic E-state index is 9.95. The zero-order valence-corrected chi connectivity index (χ0v) is 6.73. The van der Waals surface area contributed by atoms with E-state index in [1.165, 1.54) is 0 Å². The van der Waals surface area contributed by atoms with Crippen molar-refractivity contribution in [2.45, 2.75) is 13.5 Å². The second-order valence-corrected chi connectivity index (χ2v) is 2.50. The molecule has 0 aliphatic rings. The van der Waals surface area contributed by atoms with Gasteiger partial charge in [0, 0.05) is 0 Å². The summed E-state index contributed by atoms with van der Waals surface area (Å²) >= 11 is 0. The quantitative estimate of drug-likeness (QED) is 0.697. The molecule has 64 valence electrons. The van der Waals surface area contributed by atoms with Crippen molar-refractivity contribution in [1.29, 1.82) is 0 Å². The summed E-state index contributed by atoms with van der Waals surface area (Å²) in [5.74, 6) is 0. The highest BCUT2D eigenvalue weighted by molar-refractivity contribution is 5.21. The predicted molar refractivity (Wildman–Crippen MR) is 41.4 cm³/mol. The Morgan fingerprint density at radius 2 is 2.33 bits per heavy atom. The number of hydrogen-bond donors (Lipinski definition) is 1. The van der Waals surface area contributed by atoms with Gasteiger partial charge in [0.25, 0.3) is 0 Å². The van der Waals surface area contributed by atoms with Gasteiger partial charge in [-0.2, -0.15) is 4.84 Å². The van der Waals surface area contributed by atoms with E-state index in [1.54, 1.807) is 0 Å². The first kappa shape index (κ1) is 8.52. The van der Waals surface area contributed by atoms with Crippen LogP contribution >= 0.6 is 0 Å². The van der Waals surface area contributed by atoms with Crippen molar-refractivity contribution in [3.05, 3.63) is 40.3 Å². The minimum absolute atomic E-state index is 0.0850. The Balaban J connectivity index is 2.57. The molecule has 0 spiro atoms. The van der Waals surface area contributed by atoms with Crippen LogP contribution in [0.3, 0.4) is 0 Å². The van der Waals surface area contributed by atoms with Crippen molar-refractivity contribution in [2.24, 2.45) is 0 Å². The van der Waals surface area contributed by atoms with Crippen LogP contribution in [0.15, 0.2) is 24.3 Å². The van der Waals surface area contributed by atoms with E-state index in [9.17, 15) is 4.91 Å². The standard InChI is InChI=1S/C8H10NO3/c1-7-3-2-4-8(5-7)6-12-9(10)11/h2-5H,6H2,1H3,(H,10,11)/q+1. The minimum Gasteiger partial charge on any atom is -0.200 e. The maximum atomic E-state index is 9.95. The summed E-state index contributed by atoms with van der Waals surface area (Å²) in [7, 11) is 0. The summed E-state index contributed by atoms with van der Waals surface area (Å²) in [5, 5.41) is 7.60. The van der Waals surface area contributed by atoms with Crippen molar-refractivity contribution in [1.82, 2.24) is 0 Å². The fourth-order valence-corrected chi connectivity index (χ4v) is 0.932. The molecule has 0 amide bonds. The fourth-order valence-electron chi connectivity index (χ4n) is 0.932. The Morgan fingerprint density at radius 1 is 1.58 bits per heavy atom. The molecule has 1 N–H and O–H groups in total. The summed E-state index contributed by atoms with van der Waals surface area (Å²) in [6.07, 6.45) is 0. The zero-order valence-electron chi connectivity index (χ0n) is 6.73. The van der Waals surface area contributed by atoms with E-state index in [1.807, 2.05) is 31.2 Å². The van der Waals surface area contributed by atoms with E-state index in [4.69, 9.17) is 5.21 Å². The Kier molecular flexibility index (Phi) is 2.63. The predicted octanol–water partition coefficient (Wildman–Crippen LogP) is 1.59. The first-order chi connectivity index (χ1) is 5.68. The number of hydrogen-bond acceptors (Lipinski definition) is 2. The van der Waals surface area contributed by atoms with E-state index in [2.05, 4.69) is 4.84 Å². The molecule has 0 heterocycles. The van der Waals surface area contributed by atoms with Gasteiger partial charge in [-0.15, -0.1) is 0 Å². The minimum atomic E-state index is -0.539. The second-order valence-electron chi connectivity index (χ2n) is 2.50. The molecule has 0 unspecified atom stereocenters. The Bertz CT molecular complexity index is 285. The van der Waals surface area contributed by atoms with Crippen molar-refractivity contribution in [3.8, 4) is 0 Å². The molecule has 0 aliphatic heterocycles. The highest BCUT2D eigenvalue weighted by Crippen LogP contribution is 2.04. The summed E-state index contributed by atoms with van der Waals surface area (Å²) < 4.78 is 0. The Hall–Kier alpha value is -1.58. The highest BCUT2D eigenvalue weighted by Gasteiger charge is 2.04. The van der Waals surface area contributed by atoms with Gasteiger partial charge in [0.05, 0.1) is 0 Å². The van der Waals surface area contributed by atoms with Crippen LogP contribution in [0.4, 0.5) is 0 Å². The second kappa shape index (κ2) is 3.71. The number of nitrogens with zero attached hydrogens (tertiary/aromatic N) is 1. The smallest absolute Gasteiger partial charge is 0.200 e. The zero-order chi connectivity index (χ0) is 8.97. The number of benzene rings is 1. The summed E-state index contributed by atoms with van der Waals surface area (Å²) in [5.41, 5.74) is 1.94. The summed E-state index contributed by atoms with van der Waals surface area (Å²) in [4.78, 5) is 14.3. The average molecular weight is 168 g/mol. The van der Waals surface area contributed by atoms with Crippen molar-refractivity contribution in [3.63, 3.8) is 0 Å². The average Bonchev–Trinajstić information content (AvgIpc) is 2.01. The van der Waals surface area contributed by atoms with Crippen LogP contribution in [-0.4, -0.2) is 10.3 Å². The molecule has 0 atom stereocenters. The molecule has 0 aromatic heterocycles. The molecule has 1 aromatic rings. The number of rotatable bonds is 3. The molecule has 12 heavy (non-hydrogen) atoms. The van der Waals surface area contributed by atoms with E-state index in [0.717, 1.165) is 11.1 Å². The summed E-state index contributed by atoms with van der Waals surface area (Å²) in [6, 6.07) is 7.50. The molecule has 1 aromatic carbocycles. The topological polar surface area (TPSA) is 49.5 Å². The van der Waals surface area contributed by atoms with Crippen molar-refractivity contribution < 1.29 is 15.1 Å². The largest absolute Gasteiger partial charge is 0.475 e. The van der Waals surface area contributed by atoms with Gasteiger partial charge in [-0.25, -0.2) is 5.21 Å². The molecule has 0 fully saturated rings. The highest BCUT2D eigenvalue weighted by atomic mass is 16.9. The molecule has 0 aliphatic carbocycles. The first-order valence-electron chi connectivity index (χ1n) is 3.53. The lowest BCUT2D eigenvalue weighted by Crippen LogP contribution is -2.03. The van der Waals surface area contributed by atoms with Gasteiger partial charge in [0.15, 0.2) is 6.61 Å². The molecular weight excluding hydrogens is 158 g/mol.